The summed E-state index contributed by atoms with van der Waals surface area (Å²) in [7, 11) is 0. The minimum Gasteiger partial charge on any atom is -0.319 e. The molecule has 0 aliphatic heterocycles. The Kier molecular flexibility index (Phi) is 6.22. The van der Waals surface area contributed by atoms with Crippen LogP contribution in [0.3, 0.4) is 0 Å². The molecule has 0 spiro atoms. The third-order valence-corrected chi connectivity index (χ3v) is 5.21. The first kappa shape index (κ1) is 16.5. The van der Waals surface area contributed by atoms with E-state index in [0.717, 1.165) is 18.0 Å². The van der Waals surface area contributed by atoms with Crippen LogP contribution in [0.2, 0.25) is 0 Å². The zero-order chi connectivity index (χ0) is 15.2. The molecule has 0 saturated heterocycles. The fraction of sp³-hybridized carbons (Fsp3) is 0.278. The second-order valence-corrected chi connectivity index (χ2v) is 6.68. The fourth-order valence-electron chi connectivity index (χ4n) is 2.46. The van der Waals surface area contributed by atoms with Gasteiger partial charge in [0, 0.05) is 15.7 Å². The summed E-state index contributed by atoms with van der Waals surface area (Å²) >= 11 is 3.52. The molecule has 0 aromatic heterocycles. The van der Waals surface area contributed by atoms with Crippen molar-refractivity contribution < 1.29 is 0 Å². The molecule has 0 aliphatic rings. The van der Waals surface area contributed by atoms with Crippen LogP contribution in [0.15, 0.2) is 58.3 Å². The third-order valence-electron chi connectivity index (χ3n) is 3.73. The van der Waals surface area contributed by atoms with Gasteiger partial charge in [0.05, 0.1) is 6.04 Å². The van der Waals surface area contributed by atoms with Crippen molar-refractivity contribution in [1.82, 2.24) is 0 Å². The van der Waals surface area contributed by atoms with E-state index in [4.69, 9.17) is 5.73 Å². The van der Waals surface area contributed by atoms with Gasteiger partial charge in [0.2, 0.25) is 0 Å². The summed E-state index contributed by atoms with van der Waals surface area (Å²) in [6.07, 6.45) is 5.19. The van der Waals surface area contributed by atoms with E-state index in [1.165, 1.54) is 15.4 Å². The summed E-state index contributed by atoms with van der Waals surface area (Å²) in [4.78, 5) is 2.56. The lowest BCUT2D eigenvalue weighted by Crippen LogP contribution is -2.20. The molecule has 2 N–H and O–H groups in total. The largest absolute Gasteiger partial charge is 0.319 e. The van der Waals surface area contributed by atoms with Crippen LogP contribution in [0.4, 0.5) is 0 Å². The van der Waals surface area contributed by atoms with Gasteiger partial charge in [-0.3, -0.25) is 0 Å². The molecule has 0 aliphatic carbocycles. The Balaban J connectivity index is 2.21. The maximum absolute atomic E-state index is 6.45. The van der Waals surface area contributed by atoms with Crippen molar-refractivity contribution in [3.63, 3.8) is 0 Å². The number of hydrogen-bond acceptors (Lipinski definition) is 3. The standard InChI is InChI=1S/C18H22NS2/c1-4-17(13-5-9-15(20-2)10-6-13)18(19)14-7-11-16(21-3)12-8-14/h5-12,17H,4,19H2,1-3H3. The minimum atomic E-state index is 0.279. The van der Waals surface area contributed by atoms with Crippen molar-refractivity contribution in [1.29, 1.82) is 0 Å². The van der Waals surface area contributed by atoms with Crippen LogP contribution in [-0.4, -0.2) is 12.5 Å². The van der Waals surface area contributed by atoms with Crippen LogP contribution in [0.25, 0.3) is 0 Å². The van der Waals surface area contributed by atoms with Gasteiger partial charge in [-0.1, -0.05) is 31.2 Å². The highest BCUT2D eigenvalue weighted by Crippen LogP contribution is 2.32. The van der Waals surface area contributed by atoms with Crippen molar-refractivity contribution in [2.24, 2.45) is 5.73 Å². The Bertz CT molecular complexity index is 548. The van der Waals surface area contributed by atoms with Gasteiger partial charge < -0.3 is 5.73 Å². The maximum atomic E-state index is 6.45. The van der Waals surface area contributed by atoms with E-state index in [1.807, 2.05) is 0 Å². The summed E-state index contributed by atoms with van der Waals surface area (Å²) in [5, 5.41) is 0. The predicted octanol–water partition coefficient (Wildman–Crippen LogP) is 5.16. The Morgan fingerprint density at radius 1 is 0.905 bits per heavy atom. The Morgan fingerprint density at radius 2 is 1.38 bits per heavy atom. The molecular weight excluding hydrogens is 294 g/mol. The molecular formula is C18H22NS2. The molecule has 0 saturated carbocycles. The molecule has 0 bridgehead atoms. The van der Waals surface area contributed by atoms with E-state index >= 15 is 0 Å². The van der Waals surface area contributed by atoms with Crippen molar-refractivity contribution in [3.05, 3.63) is 65.7 Å². The SMILES string of the molecule is CCC([C](N)c1ccc(SC)cc1)c1ccc(SC)cc1. The van der Waals surface area contributed by atoms with Gasteiger partial charge in [0.15, 0.2) is 0 Å². The van der Waals surface area contributed by atoms with Crippen molar-refractivity contribution in [2.75, 3.05) is 12.5 Å². The van der Waals surface area contributed by atoms with Crippen molar-refractivity contribution in [3.8, 4) is 0 Å². The molecule has 0 heterocycles. The number of hydrogen-bond donors (Lipinski definition) is 1. The highest BCUT2D eigenvalue weighted by molar-refractivity contribution is 7.98. The molecule has 1 radical (unpaired) electrons. The van der Waals surface area contributed by atoms with Gasteiger partial charge in [-0.15, -0.1) is 23.5 Å². The van der Waals surface area contributed by atoms with E-state index in [2.05, 4.69) is 68.0 Å². The molecule has 1 atom stereocenters. The number of rotatable bonds is 6. The van der Waals surface area contributed by atoms with Gasteiger partial charge >= 0.3 is 0 Å². The molecule has 0 fully saturated rings. The lowest BCUT2D eigenvalue weighted by atomic mass is 9.86. The van der Waals surface area contributed by atoms with E-state index in [1.54, 1.807) is 23.5 Å². The molecule has 1 unspecified atom stereocenters. The lowest BCUT2D eigenvalue weighted by molar-refractivity contribution is 0.682. The summed E-state index contributed by atoms with van der Waals surface area (Å²) in [6.45, 7) is 2.19. The average molecular weight is 317 g/mol. The van der Waals surface area contributed by atoms with E-state index in [9.17, 15) is 0 Å². The maximum Gasteiger partial charge on any atom is 0.0709 e. The summed E-state index contributed by atoms with van der Waals surface area (Å²) in [6, 6.07) is 18.2. The highest BCUT2D eigenvalue weighted by atomic mass is 32.2. The topological polar surface area (TPSA) is 26.0 Å². The van der Waals surface area contributed by atoms with E-state index in [0.29, 0.717) is 0 Å². The quantitative estimate of drug-likeness (QED) is 0.745. The van der Waals surface area contributed by atoms with Gasteiger partial charge in [-0.2, -0.15) is 0 Å². The summed E-state index contributed by atoms with van der Waals surface area (Å²) < 4.78 is 0. The molecule has 0 amide bonds. The molecule has 2 aromatic carbocycles. The summed E-state index contributed by atoms with van der Waals surface area (Å²) in [5.74, 6) is 0.279. The smallest absolute Gasteiger partial charge is 0.0709 e. The van der Waals surface area contributed by atoms with Gasteiger partial charge in [-0.05, 0) is 54.3 Å². The normalized spacial score (nSPS) is 12.6. The van der Waals surface area contributed by atoms with Crippen LogP contribution in [0.5, 0.6) is 0 Å². The van der Waals surface area contributed by atoms with E-state index < -0.39 is 0 Å². The molecule has 2 rings (SSSR count). The monoisotopic (exact) mass is 316 g/mol. The second kappa shape index (κ2) is 7.92. The average Bonchev–Trinajstić information content (AvgIpc) is 2.56. The Hall–Kier alpha value is -0.900. The number of thioether (sulfide) groups is 2. The van der Waals surface area contributed by atoms with Gasteiger partial charge in [-0.25, -0.2) is 0 Å². The molecule has 1 nitrogen and oxygen atoms in total. The predicted molar refractivity (Wildman–Crippen MR) is 96.0 cm³/mol. The van der Waals surface area contributed by atoms with Crippen LogP contribution >= 0.6 is 23.5 Å². The minimum absolute atomic E-state index is 0.279. The number of nitrogens with two attached hydrogens (primary N) is 1. The zero-order valence-electron chi connectivity index (χ0n) is 12.8. The van der Waals surface area contributed by atoms with Crippen LogP contribution in [-0.2, 0) is 0 Å². The Morgan fingerprint density at radius 3 is 1.81 bits per heavy atom. The first-order chi connectivity index (χ1) is 10.2. The van der Waals surface area contributed by atoms with Crippen LogP contribution in [0, 0.1) is 6.04 Å². The molecule has 2 aromatic rings. The lowest BCUT2D eigenvalue weighted by Gasteiger charge is -2.23. The first-order valence-electron chi connectivity index (χ1n) is 7.10. The van der Waals surface area contributed by atoms with E-state index in [-0.39, 0.29) is 5.92 Å². The third kappa shape index (κ3) is 4.06. The van der Waals surface area contributed by atoms with Crippen molar-refractivity contribution >= 4 is 23.5 Å². The van der Waals surface area contributed by atoms with Gasteiger partial charge in [0.25, 0.3) is 0 Å². The first-order valence-corrected chi connectivity index (χ1v) is 9.55. The second-order valence-electron chi connectivity index (χ2n) is 4.92. The summed E-state index contributed by atoms with van der Waals surface area (Å²) in [5.41, 5.74) is 8.87. The number of benzene rings is 2. The molecule has 3 heteroatoms. The van der Waals surface area contributed by atoms with Crippen LogP contribution < -0.4 is 5.73 Å². The van der Waals surface area contributed by atoms with Crippen LogP contribution in [0.1, 0.15) is 30.4 Å². The highest BCUT2D eigenvalue weighted by Gasteiger charge is 2.20. The zero-order valence-corrected chi connectivity index (χ0v) is 14.4. The fourth-order valence-corrected chi connectivity index (χ4v) is 3.27. The molecule has 21 heavy (non-hydrogen) atoms. The van der Waals surface area contributed by atoms with Gasteiger partial charge in [0.1, 0.15) is 0 Å². The van der Waals surface area contributed by atoms with Crippen molar-refractivity contribution in [2.45, 2.75) is 29.1 Å². The Labute approximate surface area is 136 Å². The molecule has 111 valence electrons.